The first-order valence-corrected chi connectivity index (χ1v) is 10.9. The van der Waals surface area contributed by atoms with Crippen LogP contribution in [0.5, 0.6) is 11.5 Å². The second-order valence-corrected chi connectivity index (χ2v) is 8.31. The average Bonchev–Trinajstić information content (AvgIpc) is 2.60. The Morgan fingerprint density at radius 1 is 1.30 bits per heavy atom. The van der Waals surface area contributed by atoms with E-state index in [0.717, 1.165) is 18.5 Å². The zero-order valence-corrected chi connectivity index (χ0v) is 17.1. The minimum absolute atomic E-state index is 0.00693. The number of methoxy groups -OCH3 is 1. The molecule has 0 unspecified atom stereocenters. The van der Waals surface area contributed by atoms with E-state index in [1.54, 1.807) is 20.2 Å². The van der Waals surface area contributed by atoms with Crippen LogP contribution in [-0.2, 0) is 10.0 Å². The van der Waals surface area contributed by atoms with Crippen LogP contribution in [0.1, 0.15) is 26.2 Å². The lowest BCUT2D eigenvalue weighted by molar-refractivity contribution is 0.311. The number of ether oxygens (including phenoxy) is 2. The summed E-state index contributed by atoms with van der Waals surface area (Å²) < 4.78 is 37.6. The molecule has 1 aliphatic carbocycles. The fourth-order valence-corrected chi connectivity index (χ4v) is 3.66. The number of hydrogen-bond acceptors (Lipinski definition) is 5. The Bertz CT molecular complexity index is 733. The Kier molecular flexibility index (Phi) is 8.18. The molecule has 1 aliphatic rings. The molecule has 9 heteroatoms. The molecule has 0 amide bonds. The molecule has 0 bridgehead atoms. The van der Waals surface area contributed by atoms with Crippen LogP contribution in [-0.4, -0.2) is 54.0 Å². The molecule has 152 valence electrons. The molecular weight excluding hydrogens is 368 g/mol. The van der Waals surface area contributed by atoms with Crippen molar-refractivity contribution >= 4 is 21.7 Å². The lowest BCUT2D eigenvalue weighted by Gasteiger charge is -2.25. The van der Waals surface area contributed by atoms with Crippen LogP contribution in [0.25, 0.3) is 0 Å². The number of aliphatic imine (C=N–C) groups is 1. The van der Waals surface area contributed by atoms with E-state index in [1.165, 1.54) is 6.42 Å². The van der Waals surface area contributed by atoms with Gasteiger partial charge in [0.25, 0.3) is 0 Å². The van der Waals surface area contributed by atoms with Crippen LogP contribution >= 0.6 is 0 Å². The average molecular weight is 399 g/mol. The summed E-state index contributed by atoms with van der Waals surface area (Å²) in [5.74, 6) is 2.25. The van der Waals surface area contributed by atoms with E-state index < -0.39 is 10.0 Å². The fourth-order valence-electron chi connectivity index (χ4n) is 2.65. The summed E-state index contributed by atoms with van der Waals surface area (Å²) >= 11 is 0. The monoisotopic (exact) mass is 398 g/mol. The van der Waals surface area contributed by atoms with E-state index in [4.69, 9.17) is 9.47 Å². The number of guanidine groups is 1. The highest BCUT2D eigenvalue weighted by atomic mass is 32.2. The van der Waals surface area contributed by atoms with Crippen LogP contribution in [0.15, 0.2) is 23.2 Å². The van der Waals surface area contributed by atoms with Gasteiger partial charge in [0, 0.05) is 31.9 Å². The number of nitrogens with one attached hydrogen (secondary N) is 3. The molecule has 1 saturated carbocycles. The predicted octanol–water partition coefficient (Wildman–Crippen LogP) is 1.80. The summed E-state index contributed by atoms with van der Waals surface area (Å²) in [6.07, 6.45) is 3.43. The number of benzene rings is 1. The topological polar surface area (TPSA) is 101 Å². The van der Waals surface area contributed by atoms with Crippen molar-refractivity contribution in [3.63, 3.8) is 0 Å². The first-order chi connectivity index (χ1) is 13.0. The SMILES string of the molecule is CCOc1ccc(NC(=NC)NCCS(=O)(=O)NCC2CCC2)cc1OC. The molecule has 2 rings (SSSR count). The largest absolute Gasteiger partial charge is 0.493 e. The summed E-state index contributed by atoms with van der Waals surface area (Å²) in [5.41, 5.74) is 0.759. The van der Waals surface area contributed by atoms with Gasteiger partial charge in [0.05, 0.1) is 19.5 Å². The van der Waals surface area contributed by atoms with Crippen molar-refractivity contribution in [3.8, 4) is 11.5 Å². The molecular formula is C18H30N4O4S. The van der Waals surface area contributed by atoms with E-state index in [2.05, 4.69) is 20.3 Å². The zero-order chi connectivity index (χ0) is 19.7. The molecule has 0 aliphatic heterocycles. The maximum absolute atomic E-state index is 12.0. The first kappa shape index (κ1) is 21.3. The Morgan fingerprint density at radius 2 is 2.07 bits per heavy atom. The van der Waals surface area contributed by atoms with E-state index >= 15 is 0 Å². The number of nitrogens with zero attached hydrogens (tertiary/aromatic N) is 1. The molecule has 1 fully saturated rings. The third kappa shape index (κ3) is 6.91. The molecule has 8 nitrogen and oxygen atoms in total. The summed E-state index contributed by atoms with van der Waals surface area (Å²) in [6.45, 7) is 3.26. The van der Waals surface area contributed by atoms with Gasteiger partial charge in [-0.3, -0.25) is 4.99 Å². The first-order valence-electron chi connectivity index (χ1n) is 9.23. The van der Waals surface area contributed by atoms with Crippen LogP contribution in [0.2, 0.25) is 0 Å². The molecule has 0 spiro atoms. The normalized spacial score (nSPS) is 15.1. The van der Waals surface area contributed by atoms with Crippen LogP contribution in [0.3, 0.4) is 0 Å². The highest BCUT2D eigenvalue weighted by molar-refractivity contribution is 7.89. The molecule has 1 aromatic rings. The Balaban J connectivity index is 1.83. The van der Waals surface area contributed by atoms with Crippen molar-refractivity contribution in [2.75, 3.05) is 44.9 Å². The van der Waals surface area contributed by atoms with E-state index in [1.807, 2.05) is 19.1 Å². The quantitative estimate of drug-likeness (QED) is 0.410. The molecule has 3 N–H and O–H groups in total. The van der Waals surface area contributed by atoms with Crippen LogP contribution < -0.4 is 24.8 Å². The van der Waals surface area contributed by atoms with Crippen molar-refractivity contribution in [3.05, 3.63) is 18.2 Å². The molecule has 27 heavy (non-hydrogen) atoms. The van der Waals surface area contributed by atoms with Gasteiger partial charge in [-0.2, -0.15) is 0 Å². The zero-order valence-electron chi connectivity index (χ0n) is 16.2. The predicted molar refractivity (Wildman–Crippen MR) is 108 cm³/mol. The van der Waals surface area contributed by atoms with Gasteiger partial charge in [0.2, 0.25) is 10.0 Å². The Morgan fingerprint density at radius 3 is 2.67 bits per heavy atom. The van der Waals surface area contributed by atoms with Crippen LogP contribution in [0.4, 0.5) is 5.69 Å². The molecule has 0 heterocycles. The molecule has 0 radical (unpaired) electrons. The van der Waals surface area contributed by atoms with Gasteiger partial charge in [-0.15, -0.1) is 0 Å². The highest BCUT2D eigenvalue weighted by Crippen LogP contribution is 2.30. The van der Waals surface area contributed by atoms with Gasteiger partial charge >= 0.3 is 0 Å². The van der Waals surface area contributed by atoms with Crippen molar-refractivity contribution in [1.29, 1.82) is 0 Å². The van der Waals surface area contributed by atoms with Gasteiger partial charge in [-0.1, -0.05) is 6.42 Å². The van der Waals surface area contributed by atoms with Gasteiger partial charge in [0.15, 0.2) is 17.5 Å². The number of hydrogen-bond donors (Lipinski definition) is 3. The fraction of sp³-hybridized carbons (Fsp3) is 0.611. The third-order valence-electron chi connectivity index (χ3n) is 4.43. The summed E-state index contributed by atoms with van der Waals surface area (Å²) in [6, 6.07) is 5.46. The smallest absolute Gasteiger partial charge is 0.213 e. The third-order valence-corrected chi connectivity index (χ3v) is 5.78. The van der Waals surface area contributed by atoms with Crippen molar-refractivity contribution in [2.24, 2.45) is 10.9 Å². The van der Waals surface area contributed by atoms with Gasteiger partial charge < -0.3 is 20.1 Å². The lowest BCUT2D eigenvalue weighted by atomic mass is 9.86. The van der Waals surface area contributed by atoms with Crippen molar-refractivity contribution < 1.29 is 17.9 Å². The highest BCUT2D eigenvalue weighted by Gasteiger charge is 2.20. The molecule has 0 saturated heterocycles. The number of sulfonamides is 1. The summed E-state index contributed by atoms with van der Waals surface area (Å²) in [4.78, 5) is 4.12. The maximum Gasteiger partial charge on any atom is 0.213 e. The van der Waals surface area contributed by atoms with E-state index in [0.29, 0.717) is 36.5 Å². The van der Waals surface area contributed by atoms with E-state index in [9.17, 15) is 8.42 Å². The van der Waals surface area contributed by atoms with Gasteiger partial charge in [-0.05, 0) is 37.8 Å². The minimum atomic E-state index is -3.28. The molecule has 0 atom stereocenters. The standard InChI is InChI=1S/C18H30N4O4S/c1-4-26-16-9-8-15(12-17(16)25-3)22-18(19-2)20-10-11-27(23,24)21-13-14-6-5-7-14/h8-9,12,14,21H,4-7,10-11,13H2,1-3H3,(H2,19,20,22). The van der Waals surface area contributed by atoms with Crippen LogP contribution in [0, 0.1) is 5.92 Å². The minimum Gasteiger partial charge on any atom is -0.493 e. The Labute approximate surface area is 161 Å². The van der Waals surface area contributed by atoms with Gasteiger partial charge in [-0.25, -0.2) is 13.1 Å². The maximum atomic E-state index is 12.0. The number of anilines is 1. The summed E-state index contributed by atoms with van der Waals surface area (Å²) in [7, 11) is -0.0750. The molecule has 0 aromatic heterocycles. The second kappa shape index (κ2) is 10.4. The van der Waals surface area contributed by atoms with Crippen molar-refractivity contribution in [1.82, 2.24) is 10.0 Å². The Hall–Kier alpha value is -2.00. The van der Waals surface area contributed by atoms with Crippen molar-refractivity contribution in [2.45, 2.75) is 26.2 Å². The summed E-state index contributed by atoms with van der Waals surface area (Å²) in [5, 5.41) is 6.13. The molecule has 1 aromatic carbocycles. The van der Waals surface area contributed by atoms with Gasteiger partial charge in [0.1, 0.15) is 0 Å². The lowest BCUT2D eigenvalue weighted by Crippen LogP contribution is -2.39. The second-order valence-electron chi connectivity index (χ2n) is 6.39. The van der Waals surface area contributed by atoms with E-state index in [-0.39, 0.29) is 12.3 Å². The number of rotatable bonds is 10.